The van der Waals surface area contributed by atoms with Crippen LogP contribution in [0.3, 0.4) is 0 Å². The Bertz CT molecular complexity index is 311. The van der Waals surface area contributed by atoms with Crippen molar-refractivity contribution in [2.45, 2.75) is 18.2 Å². The van der Waals surface area contributed by atoms with Crippen LogP contribution in [0.4, 0.5) is 0 Å². The highest BCUT2D eigenvalue weighted by Gasteiger charge is 1.98. The molecule has 3 nitrogen and oxygen atoms in total. The van der Waals surface area contributed by atoms with E-state index in [1.165, 1.54) is 0 Å². The lowest BCUT2D eigenvalue weighted by Crippen LogP contribution is -2.10. The van der Waals surface area contributed by atoms with E-state index in [1.54, 1.807) is 11.8 Å². The first-order valence-corrected chi connectivity index (χ1v) is 5.85. The summed E-state index contributed by atoms with van der Waals surface area (Å²) in [6.07, 6.45) is 0.415. The van der Waals surface area contributed by atoms with Crippen LogP contribution in [0, 0.1) is 0 Å². The number of ether oxygens (including phenoxy) is 1. The van der Waals surface area contributed by atoms with Crippen LogP contribution < -0.4 is 10.5 Å². The molecule has 82 valence electrons. The quantitative estimate of drug-likeness (QED) is 0.754. The molecular weight excluding hydrogens is 210 g/mol. The van der Waals surface area contributed by atoms with Crippen LogP contribution in [0.25, 0.3) is 0 Å². The van der Waals surface area contributed by atoms with Gasteiger partial charge in [-0.2, -0.15) is 0 Å². The molecule has 0 aliphatic heterocycles. The third-order valence-electron chi connectivity index (χ3n) is 1.75. The number of rotatable bonds is 6. The Hall–Kier alpha value is -1.16. The van der Waals surface area contributed by atoms with Gasteiger partial charge < -0.3 is 10.5 Å². The minimum Gasteiger partial charge on any atom is -0.494 e. The van der Waals surface area contributed by atoms with Gasteiger partial charge in [0.15, 0.2) is 0 Å². The van der Waals surface area contributed by atoms with Gasteiger partial charge in [-0.3, -0.25) is 4.79 Å². The van der Waals surface area contributed by atoms with Gasteiger partial charge in [0.05, 0.1) is 6.61 Å². The highest BCUT2D eigenvalue weighted by atomic mass is 32.2. The zero-order chi connectivity index (χ0) is 11.1. The van der Waals surface area contributed by atoms with E-state index in [0.29, 0.717) is 13.0 Å². The van der Waals surface area contributed by atoms with Gasteiger partial charge in [0.2, 0.25) is 5.91 Å². The standard InChI is InChI=1S/C11H15NO2S/c1-2-14-9-3-5-10(6-4-9)15-8-7-11(12)13/h3-6H,2,7-8H2,1H3,(H2,12,13). The molecule has 4 heteroatoms. The van der Waals surface area contributed by atoms with Gasteiger partial charge in [-0.15, -0.1) is 11.8 Å². The van der Waals surface area contributed by atoms with Crippen molar-refractivity contribution in [3.8, 4) is 5.75 Å². The van der Waals surface area contributed by atoms with Crippen molar-refractivity contribution in [3.05, 3.63) is 24.3 Å². The smallest absolute Gasteiger partial charge is 0.218 e. The molecule has 0 fully saturated rings. The lowest BCUT2D eigenvalue weighted by Gasteiger charge is -2.04. The summed E-state index contributed by atoms with van der Waals surface area (Å²) in [7, 11) is 0. The van der Waals surface area contributed by atoms with E-state index in [-0.39, 0.29) is 5.91 Å². The molecular formula is C11H15NO2S. The molecule has 0 aromatic heterocycles. The maximum absolute atomic E-state index is 10.5. The number of carbonyl (C=O) groups excluding carboxylic acids is 1. The van der Waals surface area contributed by atoms with Gasteiger partial charge in [-0.1, -0.05) is 0 Å². The van der Waals surface area contributed by atoms with E-state index in [9.17, 15) is 4.79 Å². The number of hydrogen-bond acceptors (Lipinski definition) is 3. The van der Waals surface area contributed by atoms with Crippen LogP contribution in [0.15, 0.2) is 29.2 Å². The SMILES string of the molecule is CCOc1ccc(SCCC(N)=O)cc1. The first-order chi connectivity index (χ1) is 7.22. The maximum Gasteiger partial charge on any atom is 0.218 e. The maximum atomic E-state index is 10.5. The number of nitrogens with two attached hydrogens (primary N) is 1. The monoisotopic (exact) mass is 225 g/mol. The number of thioether (sulfide) groups is 1. The second-order valence-corrected chi connectivity index (χ2v) is 4.14. The summed E-state index contributed by atoms with van der Waals surface area (Å²) >= 11 is 1.62. The highest BCUT2D eigenvalue weighted by Crippen LogP contribution is 2.21. The third kappa shape index (κ3) is 4.74. The largest absolute Gasteiger partial charge is 0.494 e. The van der Waals surface area contributed by atoms with Crippen molar-refractivity contribution in [2.75, 3.05) is 12.4 Å². The van der Waals surface area contributed by atoms with Crippen LogP contribution in [0.5, 0.6) is 5.75 Å². The Balaban J connectivity index is 2.39. The Morgan fingerprint density at radius 3 is 2.60 bits per heavy atom. The molecule has 1 aromatic rings. The lowest BCUT2D eigenvalue weighted by atomic mass is 10.3. The van der Waals surface area contributed by atoms with Crippen molar-refractivity contribution in [2.24, 2.45) is 5.73 Å². The second-order valence-electron chi connectivity index (χ2n) is 2.97. The number of hydrogen-bond donors (Lipinski definition) is 1. The molecule has 0 aliphatic carbocycles. The first-order valence-electron chi connectivity index (χ1n) is 4.86. The fraction of sp³-hybridized carbons (Fsp3) is 0.364. The van der Waals surface area contributed by atoms with E-state index >= 15 is 0 Å². The van der Waals surface area contributed by atoms with Crippen molar-refractivity contribution >= 4 is 17.7 Å². The van der Waals surface area contributed by atoms with Gasteiger partial charge in [0, 0.05) is 17.1 Å². The molecule has 0 saturated heterocycles. The van der Waals surface area contributed by atoms with Gasteiger partial charge in [-0.05, 0) is 31.2 Å². The first kappa shape index (κ1) is 11.9. The molecule has 0 aliphatic rings. The fourth-order valence-electron chi connectivity index (χ4n) is 1.07. The molecule has 0 unspecified atom stereocenters. The van der Waals surface area contributed by atoms with Gasteiger partial charge in [0.1, 0.15) is 5.75 Å². The molecule has 0 radical (unpaired) electrons. The molecule has 0 bridgehead atoms. The zero-order valence-electron chi connectivity index (χ0n) is 8.73. The molecule has 1 rings (SSSR count). The average molecular weight is 225 g/mol. The summed E-state index contributed by atoms with van der Waals surface area (Å²) in [5, 5.41) is 0. The zero-order valence-corrected chi connectivity index (χ0v) is 9.55. The van der Waals surface area contributed by atoms with Crippen molar-refractivity contribution in [1.29, 1.82) is 0 Å². The Kier molecular flexibility index (Phi) is 5.04. The molecule has 0 spiro atoms. The second kappa shape index (κ2) is 6.35. The minimum absolute atomic E-state index is 0.256. The Morgan fingerprint density at radius 1 is 1.40 bits per heavy atom. The van der Waals surface area contributed by atoms with E-state index in [1.807, 2.05) is 31.2 Å². The summed E-state index contributed by atoms with van der Waals surface area (Å²) in [4.78, 5) is 11.6. The summed E-state index contributed by atoms with van der Waals surface area (Å²) in [6.45, 7) is 2.63. The summed E-state index contributed by atoms with van der Waals surface area (Å²) in [5.41, 5.74) is 5.05. The predicted octanol–water partition coefficient (Wildman–Crippen LogP) is 2.05. The van der Waals surface area contributed by atoms with Crippen LogP contribution in [0.1, 0.15) is 13.3 Å². The predicted molar refractivity (Wildman–Crippen MR) is 62.1 cm³/mol. The van der Waals surface area contributed by atoms with E-state index in [2.05, 4.69) is 0 Å². The number of amides is 1. The molecule has 2 N–H and O–H groups in total. The topological polar surface area (TPSA) is 52.3 Å². The van der Waals surface area contributed by atoms with Crippen LogP contribution in [-0.2, 0) is 4.79 Å². The molecule has 1 amide bonds. The van der Waals surface area contributed by atoms with Crippen LogP contribution in [-0.4, -0.2) is 18.3 Å². The van der Waals surface area contributed by atoms with E-state index < -0.39 is 0 Å². The summed E-state index contributed by atoms with van der Waals surface area (Å²) in [5.74, 6) is 1.34. The molecule has 0 atom stereocenters. The molecule has 0 saturated carbocycles. The number of carbonyl (C=O) groups is 1. The van der Waals surface area contributed by atoms with E-state index in [0.717, 1.165) is 16.4 Å². The van der Waals surface area contributed by atoms with Crippen LogP contribution >= 0.6 is 11.8 Å². The lowest BCUT2D eigenvalue weighted by molar-refractivity contribution is -0.117. The molecule has 0 heterocycles. The van der Waals surface area contributed by atoms with Gasteiger partial charge in [0.25, 0.3) is 0 Å². The molecule has 1 aromatic carbocycles. The summed E-state index contributed by atoms with van der Waals surface area (Å²) in [6, 6.07) is 7.82. The van der Waals surface area contributed by atoms with Crippen molar-refractivity contribution < 1.29 is 9.53 Å². The van der Waals surface area contributed by atoms with Crippen molar-refractivity contribution in [3.63, 3.8) is 0 Å². The molecule has 15 heavy (non-hydrogen) atoms. The van der Waals surface area contributed by atoms with Crippen LogP contribution in [0.2, 0.25) is 0 Å². The Morgan fingerprint density at radius 2 is 2.07 bits per heavy atom. The highest BCUT2D eigenvalue weighted by molar-refractivity contribution is 7.99. The Labute approximate surface area is 94.0 Å². The number of benzene rings is 1. The number of primary amides is 1. The van der Waals surface area contributed by atoms with E-state index in [4.69, 9.17) is 10.5 Å². The normalized spacial score (nSPS) is 9.93. The average Bonchev–Trinajstić information content (AvgIpc) is 2.20. The minimum atomic E-state index is -0.256. The third-order valence-corrected chi connectivity index (χ3v) is 2.77. The summed E-state index contributed by atoms with van der Waals surface area (Å²) < 4.78 is 5.32. The van der Waals surface area contributed by atoms with Gasteiger partial charge >= 0.3 is 0 Å². The van der Waals surface area contributed by atoms with Gasteiger partial charge in [-0.25, -0.2) is 0 Å². The fourth-order valence-corrected chi connectivity index (χ4v) is 1.94. The van der Waals surface area contributed by atoms with Crippen molar-refractivity contribution in [1.82, 2.24) is 0 Å².